The predicted molar refractivity (Wildman–Crippen MR) is 62.7 cm³/mol. The van der Waals surface area contributed by atoms with Gasteiger partial charge in [-0.25, -0.2) is 4.98 Å². The molecular formula is C11H11ClF3NO4. The van der Waals surface area contributed by atoms with Crippen LogP contribution in [0.5, 0.6) is 11.6 Å². The first-order chi connectivity index (χ1) is 9.32. The summed E-state index contributed by atoms with van der Waals surface area (Å²) >= 11 is 5.69. The average molecular weight is 314 g/mol. The summed E-state index contributed by atoms with van der Waals surface area (Å²) in [6.07, 6.45) is -4.36. The quantitative estimate of drug-likeness (QED) is 0.617. The van der Waals surface area contributed by atoms with E-state index in [1.165, 1.54) is 7.11 Å². The van der Waals surface area contributed by atoms with Crippen molar-refractivity contribution in [2.24, 2.45) is 0 Å². The van der Waals surface area contributed by atoms with Gasteiger partial charge in [0.05, 0.1) is 32.7 Å². The molecule has 0 aromatic carbocycles. The first kappa shape index (κ1) is 16.4. The summed E-state index contributed by atoms with van der Waals surface area (Å²) in [5.41, 5.74) is 0.0670. The van der Waals surface area contributed by atoms with E-state index in [1.54, 1.807) is 0 Å². The number of rotatable bonds is 5. The van der Waals surface area contributed by atoms with Crippen LogP contribution in [0.4, 0.5) is 13.2 Å². The molecule has 0 atom stereocenters. The number of alkyl halides is 4. The zero-order valence-electron chi connectivity index (χ0n) is 10.6. The van der Waals surface area contributed by atoms with Gasteiger partial charge in [0, 0.05) is 11.1 Å². The molecule has 1 aromatic rings. The van der Waals surface area contributed by atoms with E-state index in [0.717, 1.165) is 13.3 Å². The van der Waals surface area contributed by atoms with E-state index >= 15 is 0 Å². The second-order valence-electron chi connectivity index (χ2n) is 3.52. The molecule has 0 aliphatic rings. The normalized spacial score (nSPS) is 11.1. The van der Waals surface area contributed by atoms with E-state index in [2.05, 4.69) is 14.5 Å². The molecule has 0 radical (unpaired) electrons. The lowest BCUT2D eigenvalue weighted by Crippen LogP contribution is -2.20. The Kier molecular flexibility index (Phi) is 5.43. The predicted octanol–water partition coefficient (Wildman–Crippen LogP) is 2.44. The highest BCUT2D eigenvalue weighted by atomic mass is 35.5. The summed E-state index contributed by atoms with van der Waals surface area (Å²) in [5.74, 6) is -1.52. The molecule has 0 unspecified atom stereocenters. The van der Waals surface area contributed by atoms with Crippen molar-refractivity contribution in [1.82, 2.24) is 4.98 Å². The molecule has 20 heavy (non-hydrogen) atoms. The minimum atomic E-state index is -4.93. The molecule has 5 nitrogen and oxygen atoms in total. The van der Waals surface area contributed by atoms with Crippen LogP contribution in [0.1, 0.15) is 11.1 Å². The Bertz CT molecular complexity index is 493. The van der Waals surface area contributed by atoms with E-state index in [9.17, 15) is 18.0 Å². The largest absolute Gasteiger partial charge is 0.574 e. The molecule has 0 saturated heterocycles. The molecular weight excluding hydrogens is 303 g/mol. The molecule has 9 heteroatoms. The Morgan fingerprint density at radius 2 is 2.00 bits per heavy atom. The molecule has 0 bridgehead atoms. The van der Waals surface area contributed by atoms with Gasteiger partial charge < -0.3 is 14.2 Å². The van der Waals surface area contributed by atoms with Crippen molar-refractivity contribution in [1.29, 1.82) is 0 Å². The molecule has 0 aliphatic carbocycles. The number of carbonyl (C=O) groups excluding carboxylic acids is 1. The lowest BCUT2D eigenvalue weighted by molar-refractivity contribution is -0.276. The van der Waals surface area contributed by atoms with Gasteiger partial charge in [0.2, 0.25) is 5.88 Å². The number of pyridine rings is 1. The van der Waals surface area contributed by atoms with E-state index in [4.69, 9.17) is 16.3 Å². The lowest BCUT2D eigenvalue weighted by atomic mass is 10.1. The Labute approximate surface area is 117 Å². The number of esters is 1. The molecule has 1 aromatic heterocycles. The summed E-state index contributed by atoms with van der Waals surface area (Å²) < 4.78 is 50.1. The molecule has 0 spiro atoms. The van der Waals surface area contributed by atoms with Gasteiger partial charge in [-0.15, -0.1) is 24.8 Å². The van der Waals surface area contributed by atoms with Crippen LogP contribution >= 0.6 is 11.6 Å². The fourth-order valence-electron chi connectivity index (χ4n) is 1.47. The van der Waals surface area contributed by atoms with E-state index < -0.39 is 24.6 Å². The van der Waals surface area contributed by atoms with Crippen molar-refractivity contribution in [3.05, 3.63) is 17.3 Å². The summed E-state index contributed by atoms with van der Waals surface area (Å²) in [5, 5.41) is 0. The van der Waals surface area contributed by atoms with Crippen LogP contribution in [-0.2, 0) is 21.8 Å². The molecule has 1 heterocycles. The molecule has 0 amide bonds. The van der Waals surface area contributed by atoms with Gasteiger partial charge in [0.25, 0.3) is 0 Å². The van der Waals surface area contributed by atoms with E-state index in [1.807, 2.05) is 0 Å². The summed E-state index contributed by atoms with van der Waals surface area (Å²) in [6, 6.07) is 0. The molecule has 1 rings (SSSR count). The number of aromatic nitrogens is 1. The summed E-state index contributed by atoms with van der Waals surface area (Å²) in [6.45, 7) is 0. The van der Waals surface area contributed by atoms with Crippen molar-refractivity contribution in [2.75, 3.05) is 14.2 Å². The first-order valence-corrected chi connectivity index (χ1v) is 5.79. The van der Waals surface area contributed by atoms with Gasteiger partial charge >= 0.3 is 12.3 Å². The van der Waals surface area contributed by atoms with Crippen LogP contribution in [-0.4, -0.2) is 31.5 Å². The maximum Gasteiger partial charge on any atom is 0.574 e. The number of carbonyl (C=O) groups is 1. The van der Waals surface area contributed by atoms with Crippen LogP contribution in [0, 0.1) is 0 Å². The molecule has 0 N–H and O–H groups in total. The smallest absolute Gasteiger partial charge is 0.495 e. The fraction of sp³-hybridized carbons (Fsp3) is 0.455. The highest BCUT2D eigenvalue weighted by Gasteiger charge is 2.34. The molecule has 0 aliphatic heterocycles. The van der Waals surface area contributed by atoms with Crippen LogP contribution in [0.15, 0.2) is 6.20 Å². The maximum absolute atomic E-state index is 12.3. The Morgan fingerprint density at radius 1 is 1.35 bits per heavy atom. The standard InChI is InChI=1S/C11H11ClF3NO4/c1-18-8-5-16-10(20-11(13,14)15)6(7(8)4-12)3-9(17)19-2/h5H,3-4H2,1-2H3. The van der Waals surface area contributed by atoms with Gasteiger partial charge in [-0.1, -0.05) is 0 Å². The van der Waals surface area contributed by atoms with E-state index in [0.29, 0.717) is 0 Å². The highest BCUT2D eigenvalue weighted by Crippen LogP contribution is 2.33. The topological polar surface area (TPSA) is 57.7 Å². The Hall–Kier alpha value is -1.70. The first-order valence-electron chi connectivity index (χ1n) is 5.25. The van der Waals surface area contributed by atoms with Crippen LogP contribution in [0.25, 0.3) is 0 Å². The van der Waals surface area contributed by atoms with Crippen molar-refractivity contribution < 1.29 is 32.2 Å². The zero-order chi connectivity index (χ0) is 15.3. The second-order valence-corrected chi connectivity index (χ2v) is 3.79. The van der Waals surface area contributed by atoms with Crippen LogP contribution in [0.3, 0.4) is 0 Å². The monoisotopic (exact) mass is 313 g/mol. The number of hydrogen-bond acceptors (Lipinski definition) is 5. The minimum absolute atomic E-state index is 0.122. The molecule has 0 fully saturated rings. The second kappa shape index (κ2) is 6.65. The van der Waals surface area contributed by atoms with Crippen molar-refractivity contribution in [3.63, 3.8) is 0 Å². The van der Waals surface area contributed by atoms with Crippen molar-refractivity contribution in [2.45, 2.75) is 18.7 Å². The number of ether oxygens (including phenoxy) is 3. The lowest BCUT2D eigenvalue weighted by Gasteiger charge is -2.16. The Balaban J connectivity index is 3.31. The Morgan fingerprint density at radius 3 is 2.45 bits per heavy atom. The average Bonchev–Trinajstić information content (AvgIpc) is 2.38. The summed E-state index contributed by atoms with van der Waals surface area (Å²) in [7, 11) is 2.42. The van der Waals surface area contributed by atoms with Gasteiger partial charge in [0.1, 0.15) is 5.75 Å². The van der Waals surface area contributed by atoms with Gasteiger partial charge in [-0.05, 0) is 0 Å². The third-order valence-electron chi connectivity index (χ3n) is 2.33. The minimum Gasteiger partial charge on any atom is -0.495 e. The molecule has 0 saturated carbocycles. The van der Waals surface area contributed by atoms with Gasteiger partial charge in [-0.3, -0.25) is 4.79 Å². The fourth-order valence-corrected chi connectivity index (χ4v) is 1.76. The highest BCUT2D eigenvalue weighted by molar-refractivity contribution is 6.17. The maximum atomic E-state index is 12.3. The van der Waals surface area contributed by atoms with Gasteiger partial charge in [-0.2, -0.15) is 0 Å². The number of hydrogen-bond donors (Lipinski definition) is 0. The molecule has 112 valence electrons. The third-order valence-corrected chi connectivity index (χ3v) is 2.60. The van der Waals surface area contributed by atoms with Gasteiger partial charge in [0.15, 0.2) is 0 Å². The SMILES string of the molecule is COC(=O)Cc1c(OC(F)(F)F)ncc(OC)c1CCl. The summed E-state index contributed by atoms with van der Waals surface area (Å²) in [4.78, 5) is 14.8. The zero-order valence-corrected chi connectivity index (χ0v) is 11.3. The third kappa shape index (κ3) is 4.16. The van der Waals surface area contributed by atoms with Crippen LogP contribution in [0.2, 0.25) is 0 Å². The van der Waals surface area contributed by atoms with Crippen molar-refractivity contribution >= 4 is 17.6 Å². The number of halogens is 4. The number of nitrogens with zero attached hydrogens (tertiary/aromatic N) is 1. The van der Waals surface area contributed by atoms with E-state index in [-0.39, 0.29) is 22.8 Å². The van der Waals surface area contributed by atoms with Crippen molar-refractivity contribution in [3.8, 4) is 11.6 Å². The van der Waals surface area contributed by atoms with Crippen LogP contribution < -0.4 is 9.47 Å². The number of methoxy groups -OCH3 is 2.